The lowest BCUT2D eigenvalue weighted by atomic mass is 10.1. The summed E-state index contributed by atoms with van der Waals surface area (Å²) in [5, 5.41) is 7.16. The molecule has 1 unspecified atom stereocenters. The summed E-state index contributed by atoms with van der Waals surface area (Å²) >= 11 is 1.14. The summed E-state index contributed by atoms with van der Waals surface area (Å²) in [6.45, 7) is 1.54. The monoisotopic (exact) mass is 343 g/mol. The highest BCUT2D eigenvalue weighted by atomic mass is 32.1. The molecule has 1 saturated heterocycles. The second-order valence-electron chi connectivity index (χ2n) is 5.86. The summed E-state index contributed by atoms with van der Waals surface area (Å²) in [6.07, 6.45) is 7.09. The first kappa shape index (κ1) is 15.2. The van der Waals surface area contributed by atoms with Gasteiger partial charge in [0.1, 0.15) is 11.0 Å². The Morgan fingerprint density at radius 1 is 1.33 bits per heavy atom. The van der Waals surface area contributed by atoms with Crippen molar-refractivity contribution in [3.8, 4) is 0 Å². The fourth-order valence-corrected chi connectivity index (χ4v) is 3.33. The van der Waals surface area contributed by atoms with Crippen molar-refractivity contribution in [1.29, 1.82) is 0 Å². The van der Waals surface area contributed by atoms with Crippen molar-refractivity contribution in [2.75, 3.05) is 11.9 Å². The van der Waals surface area contributed by atoms with Crippen LogP contribution in [0.5, 0.6) is 0 Å². The minimum Gasteiger partial charge on any atom is -0.376 e. The number of benzene rings is 1. The van der Waals surface area contributed by atoms with Gasteiger partial charge in [-0.2, -0.15) is 13.8 Å². The van der Waals surface area contributed by atoms with E-state index in [0.29, 0.717) is 17.8 Å². The summed E-state index contributed by atoms with van der Waals surface area (Å²) < 4.78 is 15.8. The number of carbonyl (C=O) groups excluding carboxylic acids is 1. The highest BCUT2D eigenvalue weighted by molar-refractivity contribution is 7.00. The van der Waals surface area contributed by atoms with Crippen molar-refractivity contribution in [2.45, 2.75) is 31.9 Å². The first-order chi connectivity index (χ1) is 11.8. The molecular formula is C16H17N5O2S. The molecule has 1 fully saturated rings. The molecule has 4 rings (SSSR count). The molecule has 0 aliphatic carbocycles. The maximum atomic E-state index is 12.4. The van der Waals surface area contributed by atoms with Crippen molar-refractivity contribution in [2.24, 2.45) is 0 Å². The molecule has 0 saturated carbocycles. The topological polar surface area (TPSA) is 81.9 Å². The summed E-state index contributed by atoms with van der Waals surface area (Å²) in [7, 11) is 0. The van der Waals surface area contributed by atoms with Crippen LogP contribution in [0.2, 0.25) is 0 Å². The number of anilines is 1. The molecule has 1 amide bonds. The number of nitrogens with zero attached hydrogens (tertiary/aromatic N) is 4. The van der Waals surface area contributed by atoms with Gasteiger partial charge >= 0.3 is 0 Å². The quantitative estimate of drug-likeness (QED) is 0.787. The van der Waals surface area contributed by atoms with E-state index in [1.54, 1.807) is 24.4 Å². The lowest BCUT2D eigenvalue weighted by Gasteiger charge is -2.22. The van der Waals surface area contributed by atoms with Crippen molar-refractivity contribution >= 4 is 34.4 Å². The van der Waals surface area contributed by atoms with Gasteiger partial charge in [-0.3, -0.25) is 9.48 Å². The summed E-state index contributed by atoms with van der Waals surface area (Å²) in [4.78, 5) is 12.4. The van der Waals surface area contributed by atoms with Crippen LogP contribution in [0.15, 0.2) is 30.6 Å². The Balaban J connectivity index is 1.41. The van der Waals surface area contributed by atoms with E-state index >= 15 is 0 Å². The van der Waals surface area contributed by atoms with Crippen LogP contribution < -0.4 is 5.32 Å². The van der Waals surface area contributed by atoms with Gasteiger partial charge in [0, 0.05) is 18.4 Å². The van der Waals surface area contributed by atoms with Gasteiger partial charge in [-0.25, -0.2) is 0 Å². The highest BCUT2D eigenvalue weighted by Crippen LogP contribution is 2.17. The van der Waals surface area contributed by atoms with Gasteiger partial charge in [0.2, 0.25) is 0 Å². The molecule has 124 valence electrons. The Hall–Kier alpha value is -2.32. The fraction of sp³-hybridized carbons (Fsp3) is 0.375. The number of rotatable bonds is 4. The fourth-order valence-electron chi connectivity index (χ4n) is 2.81. The Bertz CT molecular complexity index is 853. The SMILES string of the molecule is O=C(Nc1cnn(CC2CCCCO2)c1)c1ccc2nsnc2c1. The smallest absolute Gasteiger partial charge is 0.255 e. The highest BCUT2D eigenvalue weighted by Gasteiger charge is 2.15. The van der Waals surface area contributed by atoms with Crippen molar-refractivity contribution in [3.63, 3.8) is 0 Å². The van der Waals surface area contributed by atoms with Crippen LogP contribution in [0.25, 0.3) is 11.0 Å². The first-order valence-corrected chi connectivity index (χ1v) is 8.69. The van der Waals surface area contributed by atoms with E-state index in [9.17, 15) is 4.79 Å². The zero-order valence-corrected chi connectivity index (χ0v) is 13.8. The number of aromatic nitrogens is 4. The maximum Gasteiger partial charge on any atom is 0.255 e. The van der Waals surface area contributed by atoms with Gasteiger partial charge in [0.05, 0.1) is 36.3 Å². The number of amides is 1. The molecule has 0 radical (unpaired) electrons. The molecule has 8 heteroatoms. The van der Waals surface area contributed by atoms with Gasteiger partial charge < -0.3 is 10.1 Å². The third kappa shape index (κ3) is 3.29. The minimum absolute atomic E-state index is 0.182. The van der Waals surface area contributed by atoms with Crippen LogP contribution in [0.1, 0.15) is 29.6 Å². The van der Waals surface area contributed by atoms with Crippen LogP contribution in [0.4, 0.5) is 5.69 Å². The number of nitrogens with one attached hydrogen (secondary N) is 1. The number of hydrogen-bond acceptors (Lipinski definition) is 6. The third-order valence-electron chi connectivity index (χ3n) is 4.07. The van der Waals surface area contributed by atoms with E-state index in [0.717, 1.165) is 42.2 Å². The van der Waals surface area contributed by atoms with Gasteiger partial charge in [-0.05, 0) is 37.5 Å². The predicted octanol–water partition coefficient (Wildman–Crippen LogP) is 2.71. The lowest BCUT2D eigenvalue weighted by molar-refractivity contribution is 0.00401. The molecule has 0 spiro atoms. The second kappa shape index (κ2) is 6.66. The molecule has 1 atom stereocenters. The van der Waals surface area contributed by atoms with Crippen LogP contribution in [0, 0.1) is 0 Å². The second-order valence-corrected chi connectivity index (χ2v) is 6.39. The van der Waals surface area contributed by atoms with E-state index < -0.39 is 0 Å². The van der Waals surface area contributed by atoms with Gasteiger partial charge in [0.15, 0.2) is 0 Å². The van der Waals surface area contributed by atoms with E-state index in [4.69, 9.17) is 4.74 Å². The summed E-state index contributed by atoms with van der Waals surface area (Å²) in [6, 6.07) is 5.30. The predicted molar refractivity (Wildman–Crippen MR) is 91.2 cm³/mol. The Morgan fingerprint density at radius 3 is 3.12 bits per heavy atom. The lowest BCUT2D eigenvalue weighted by Crippen LogP contribution is -2.24. The third-order valence-corrected chi connectivity index (χ3v) is 4.63. The number of hydrogen-bond donors (Lipinski definition) is 1. The normalized spacial score (nSPS) is 17.9. The largest absolute Gasteiger partial charge is 0.376 e. The molecule has 0 bridgehead atoms. The molecule has 7 nitrogen and oxygen atoms in total. The number of ether oxygens (including phenoxy) is 1. The standard InChI is InChI=1S/C16H17N5O2S/c22-16(11-4-5-14-15(7-11)20-24-19-14)18-12-8-17-21(9-12)10-13-3-1-2-6-23-13/h4-5,7-9,13H,1-3,6,10H2,(H,18,22). The van der Waals surface area contributed by atoms with Crippen molar-refractivity contribution in [1.82, 2.24) is 18.5 Å². The molecule has 1 N–H and O–H groups in total. The molecule has 1 aliphatic rings. The average Bonchev–Trinajstić information content (AvgIpc) is 3.24. The van der Waals surface area contributed by atoms with Gasteiger partial charge in [-0.15, -0.1) is 0 Å². The average molecular weight is 343 g/mol. The van der Waals surface area contributed by atoms with Crippen LogP contribution >= 0.6 is 11.7 Å². The molecule has 3 aromatic rings. The zero-order chi connectivity index (χ0) is 16.4. The van der Waals surface area contributed by atoms with E-state index in [1.807, 2.05) is 10.9 Å². The maximum absolute atomic E-state index is 12.4. The molecular weight excluding hydrogens is 326 g/mol. The Kier molecular flexibility index (Phi) is 4.22. The van der Waals surface area contributed by atoms with E-state index in [1.165, 1.54) is 6.42 Å². The van der Waals surface area contributed by atoms with E-state index in [2.05, 4.69) is 19.2 Å². The van der Waals surface area contributed by atoms with E-state index in [-0.39, 0.29) is 12.0 Å². The molecule has 2 aromatic heterocycles. The molecule has 1 aliphatic heterocycles. The molecule has 1 aromatic carbocycles. The van der Waals surface area contributed by atoms with Gasteiger partial charge in [0.25, 0.3) is 5.91 Å². The van der Waals surface area contributed by atoms with Crippen LogP contribution in [0.3, 0.4) is 0 Å². The molecule has 24 heavy (non-hydrogen) atoms. The number of fused-ring (bicyclic) bond motifs is 1. The Morgan fingerprint density at radius 2 is 2.25 bits per heavy atom. The summed E-state index contributed by atoms with van der Waals surface area (Å²) in [5.41, 5.74) is 2.76. The zero-order valence-electron chi connectivity index (χ0n) is 13.0. The molecule has 3 heterocycles. The first-order valence-electron chi connectivity index (χ1n) is 7.96. The number of carbonyl (C=O) groups is 1. The van der Waals surface area contributed by atoms with Crippen LogP contribution in [-0.2, 0) is 11.3 Å². The van der Waals surface area contributed by atoms with Crippen LogP contribution in [-0.4, -0.2) is 37.1 Å². The van der Waals surface area contributed by atoms with Crippen molar-refractivity contribution in [3.05, 3.63) is 36.2 Å². The summed E-state index contributed by atoms with van der Waals surface area (Å²) in [5.74, 6) is -0.182. The van der Waals surface area contributed by atoms with Crippen molar-refractivity contribution < 1.29 is 9.53 Å². The van der Waals surface area contributed by atoms with Gasteiger partial charge in [-0.1, -0.05) is 0 Å². The Labute approximate surface area is 143 Å². The minimum atomic E-state index is -0.182.